The average molecular weight is 837 g/mol. The molecule has 2 atom stereocenters. The molecule has 6 N–H and O–H groups in total. The molecule has 3 aliphatic rings. The van der Waals surface area contributed by atoms with Crippen LogP contribution in [0.5, 0.6) is 11.5 Å². The van der Waals surface area contributed by atoms with Crippen LogP contribution in [0.4, 0.5) is 17.1 Å². The van der Waals surface area contributed by atoms with E-state index >= 15 is 0 Å². The molecule has 0 bridgehead atoms. The maximum Gasteiger partial charge on any atom is 0.300 e. The number of methoxy groups -OCH3 is 1. The molecular weight excluding hydrogens is 807 g/mol. The van der Waals surface area contributed by atoms with E-state index in [1.54, 1.807) is 6.92 Å². The third-order valence-corrected chi connectivity index (χ3v) is 10.1. The normalized spacial score (nSPS) is 14.4. The number of benzene rings is 3. The van der Waals surface area contributed by atoms with Gasteiger partial charge in [0.15, 0.2) is 32.6 Å². The lowest BCUT2D eigenvalue weighted by Gasteiger charge is -2.27. The van der Waals surface area contributed by atoms with Gasteiger partial charge in [0.1, 0.15) is 26.9 Å². The lowest BCUT2D eigenvalue weighted by Crippen LogP contribution is -2.35. The Labute approximate surface area is 304 Å². The number of anilines is 3. The van der Waals surface area contributed by atoms with Gasteiger partial charge in [-0.2, -0.15) is 16.8 Å². The first-order valence-corrected chi connectivity index (χ1v) is 18.8. The number of nitrogens with one attached hydrogen (secondary N) is 4. The van der Waals surface area contributed by atoms with Gasteiger partial charge >= 0.3 is 10.1 Å². The van der Waals surface area contributed by atoms with E-state index < -0.39 is 47.7 Å². The van der Waals surface area contributed by atoms with Crippen molar-refractivity contribution in [3.05, 3.63) is 50.7 Å². The molecule has 2 aromatic carbocycles. The number of ether oxygens (including phenoxy) is 2. The summed E-state index contributed by atoms with van der Waals surface area (Å²) in [6.45, 7) is 7.36. The van der Waals surface area contributed by atoms with Gasteiger partial charge in [0.05, 0.1) is 34.5 Å². The number of carbonyl (C=O) groups is 1. The number of halogens is 3. The first-order chi connectivity index (χ1) is 23.4. The maximum absolute atomic E-state index is 12.7. The molecule has 0 aromatic heterocycles. The first-order valence-electron chi connectivity index (χ1n) is 14.4. The van der Waals surface area contributed by atoms with E-state index in [-0.39, 0.29) is 91.1 Å². The first kappa shape index (κ1) is 37.7. The van der Waals surface area contributed by atoms with Crippen LogP contribution in [0.25, 0.3) is 22.6 Å². The Morgan fingerprint density at radius 3 is 2.42 bits per heavy atom. The van der Waals surface area contributed by atoms with Crippen molar-refractivity contribution in [2.45, 2.75) is 35.7 Å². The highest BCUT2D eigenvalue weighted by molar-refractivity contribution is 9.12. The van der Waals surface area contributed by atoms with Crippen LogP contribution in [-0.2, 0) is 29.8 Å². The minimum Gasteiger partial charge on any atom is -0.450 e. The Morgan fingerprint density at radius 2 is 1.78 bits per heavy atom. The van der Waals surface area contributed by atoms with Crippen molar-refractivity contribution in [1.82, 2.24) is 15.6 Å². The molecular formula is C29H29BrCl2N6O10S2. The fourth-order valence-electron chi connectivity index (χ4n) is 4.90. The zero-order valence-corrected chi connectivity index (χ0v) is 31.0. The summed E-state index contributed by atoms with van der Waals surface area (Å²) in [6.07, 6.45) is 0. The van der Waals surface area contributed by atoms with Crippen LogP contribution in [0.2, 0.25) is 10.0 Å². The van der Waals surface area contributed by atoms with Crippen molar-refractivity contribution in [3.8, 4) is 23.0 Å². The van der Waals surface area contributed by atoms with E-state index in [1.165, 1.54) is 31.4 Å². The Morgan fingerprint density at radius 1 is 1.08 bits per heavy atom. The molecule has 0 saturated heterocycles. The van der Waals surface area contributed by atoms with Crippen molar-refractivity contribution in [3.63, 3.8) is 0 Å². The summed E-state index contributed by atoms with van der Waals surface area (Å²) in [5.74, 6) is -1.35. The lowest BCUT2D eigenvalue weighted by atomic mass is 10.1. The average Bonchev–Trinajstić information content (AvgIpc) is 3.04. The Balaban J connectivity index is 1.62. The minimum absolute atomic E-state index is 0.00754. The molecule has 2 aromatic rings. The quantitative estimate of drug-likeness (QED) is 0.0426. The molecule has 50 heavy (non-hydrogen) atoms. The zero-order valence-electron chi connectivity index (χ0n) is 26.3. The third kappa shape index (κ3) is 7.70. The Kier molecular flexibility index (Phi) is 11.0. The van der Waals surface area contributed by atoms with Crippen molar-refractivity contribution >= 4 is 93.4 Å². The number of carbonyl (C=O) groups excluding carboxylic acids is 1. The molecule has 0 saturated carbocycles. The predicted molar refractivity (Wildman–Crippen MR) is 189 cm³/mol. The fourth-order valence-corrected chi connectivity index (χ4v) is 7.12. The molecule has 0 radical (unpaired) electrons. The lowest BCUT2D eigenvalue weighted by molar-refractivity contribution is -0.117. The summed E-state index contributed by atoms with van der Waals surface area (Å²) >= 11 is 16.5. The molecule has 21 heteroatoms. The second-order valence-electron chi connectivity index (χ2n) is 11.0. The highest BCUT2D eigenvalue weighted by atomic mass is 79.9. The van der Waals surface area contributed by atoms with Crippen LogP contribution in [0.1, 0.15) is 13.8 Å². The maximum atomic E-state index is 12.7. The molecule has 5 rings (SSSR count). The molecule has 16 nitrogen and oxygen atoms in total. The van der Waals surface area contributed by atoms with Crippen LogP contribution in [0.15, 0.2) is 54.5 Å². The summed E-state index contributed by atoms with van der Waals surface area (Å²) in [4.78, 5) is 19.3. The number of hydrogen-bond donors (Lipinski definition) is 6. The highest BCUT2D eigenvalue weighted by Gasteiger charge is 2.34. The number of fused-ring (bicyclic) bond motifs is 4. The van der Waals surface area contributed by atoms with E-state index in [0.29, 0.717) is 0 Å². The molecule has 2 aliphatic heterocycles. The van der Waals surface area contributed by atoms with Gasteiger partial charge in [-0.15, -0.1) is 0 Å². The summed E-state index contributed by atoms with van der Waals surface area (Å²) in [5, 5.41) is 11.0. The number of aromatic nitrogens is 1. The minimum atomic E-state index is -4.98. The largest absolute Gasteiger partial charge is 0.450 e. The van der Waals surface area contributed by atoms with Crippen LogP contribution >= 0.6 is 39.1 Å². The van der Waals surface area contributed by atoms with Crippen LogP contribution in [0.3, 0.4) is 0 Å². The fraction of sp³-hybridized carbons (Fsp3) is 0.276. The van der Waals surface area contributed by atoms with E-state index in [4.69, 9.17) is 37.1 Å². The molecule has 268 valence electrons. The summed E-state index contributed by atoms with van der Waals surface area (Å²) in [5.41, 5.74) is -0.277. The van der Waals surface area contributed by atoms with Gasteiger partial charge in [-0.05, 0) is 54.0 Å². The van der Waals surface area contributed by atoms with Crippen molar-refractivity contribution in [1.29, 1.82) is 0 Å². The van der Waals surface area contributed by atoms with Gasteiger partial charge in [0.2, 0.25) is 0 Å². The SMILES string of the molecule is C=C(Br)C(=O)NC(C)CN=c1ccc2nc3c(Cl)c4c(c(Cl)c3oc-2c1S(=O)(=O)O)Nc1ccc(NCC(C)NCOC)c(S(=O)(=O)O)c1O4. The van der Waals surface area contributed by atoms with Gasteiger partial charge in [0.25, 0.3) is 16.0 Å². The summed E-state index contributed by atoms with van der Waals surface area (Å²) < 4.78 is 88.1. The molecule has 0 fully saturated rings. The van der Waals surface area contributed by atoms with E-state index in [1.807, 2.05) is 6.92 Å². The Bertz CT molecular complexity index is 2300. The molecule has 2 unspecified atom stereocenters. The van der Waals surface area contributed by atoms with E-state index in [9.17, 15) is 30.7 Å². The van der Waals surface area contributed by atoms with Crippen LogP contribution < -0.4 is 31.4 Å². The summed E-state index contributed by atoms with van der Waals surface area (Å²) in [7, 11) is -8.34. The number of rotatable bonds is 12. The standard InChI is InChI=1S/C29H29BrCl2N6O10S2/c1-12(35-11-46-4)9-33-17-7-5-15-23(27(17)49(40,41)42)47-25-19(31)22-26(20(32)21(25)37-15)48-24-16(38-22)6-8-18(28(24)50(43,44)45)34-10-13(2)36-29(39)14(3)30/h5-8,12-13,33,35,37H,3,9-11H2,1-2,4H3,(H,36,39)(H,40,41,42)(H,43,44,45). The number of hydrogen-bond acceptors (Lipinski definition) is 13. The highest BCUT2D eigenvalue weighted by Crippen LogP contribution is 2.55. The van der Waals surface area contributed by atoms with Gasteiger partial charge in [-0.25, -0.2) is 4.98 Å². The third-order valence-electron chi connectivity index (χ3n) is 7.20. The second-order valence-corrected chi connectivity index (χ2v) is 15.5. The topological polar surface area (TPSA) is 231 Å². The molecule has 1 amide bonds. The smallest absolute Gasteiger partial charge is 0.300 e. The van der Waals surface area contributed by atoms with Crippen LogP contribution in [0, 0.1) is 0 Å². The second kappa shape index (κ2) is 14.6. The molecule has 0 spiro atoms. The van der Waals surface area contributed by atoms with Gasteiger partial charge in [-0.1, -0.05) is 29.8 Å². The monoisotopic (exact) mass is 834 g/mol. The number of nitrogens with zero attached hydrogens (tertiary/aromatic N) is 2. The van der Waals surface area contributed by atoms with E-state index in [0.717, 1.165) is 0 Å². The van der Waals surface area contributed by atoms with Crippen molar-refractivity contribution in [2.75, 3.05) is 37.6 Å². The Hall–Kier alpha value is -3.53. The van der Waals surface area contributed by atoms with Crippen molar-refractivity contribution in [2.24, 2.45) is 4.99 Å². The molecule has 1 aliphatic carbocycles. The van der Waals surface area contributed by atoms with Gasteiger partial charge in [-0.3, -0.25) is 24.2 Å². The van der Waals surface area contributed by atoms with Crippen molar-refractivity contribution < 1.29 is 44.6 Å². The zero-order chi connectivity index (χ0) is 36.7. The number of amides is 1. The summed E-state index contributed by atoms with van der Waals surface area (Å²) in [6, 6.07) is 4.81. The molecule has 2 heterocycles. The van der Waals surface area contributed by atoms with Gasteiger partial charge < -0.3 is 29.8 Å². The van der Waals surface area contributed by atoms with Gasteiger partial charge in [0, 0.05) is 25.7 Å². The predicted octanol–water partition coefficient (Wildman–Crippen LogP) is 4.89. The van der Waals surface area contributed by atoms with Crippen LogP contribution in [-0.4, -0.2) is 75.8 Å². The van der Waals surface area contributed by atoms with E-state index in [2.05, 4.69) is 53.8 Å².